The number of amides is 1. The molecule has 118 valence electrons. The van der Waals surface area contributed by atoms with E-state index >= 15 is 0 Å². The van der Waals surface area contributed by atoms with Crippen LogP contribution in [0.5, 0.6) is 0 Å². The van der Waals surface area contributed by atoms with Crippen LogP contribution in [-0.2, 0) is 4.74 Å². The molecule has 1 N–H and O–H groups in total. The lowest BCUT2D eigenvalue weighted by Crippen LogP contribution is -2.38. The molecular weight excluding hydrogens is 278 g/mol. The second kappa shape index (κ2) is 6.36. The fraction of sp³-hybridized carbons (Fsp3) is 0.389. The smallest absolute Gasteiger partial charge is 0.410 e. The molecule has 0 radical (unpaired) electrons. The maximum atomic E-state index is 12.3. The molecule has 4 nitrogen and oxygen atoms in total. The fourth-order valence-corrected chi connectivity index (χ4v) is 2.43. The molecule has 0 saturated carbocycles. The number of carbonyl (C=O) groups excluding carboxylic acids is 1. The second-order valence-electron chi connectivity index (χ2n) is 6.36. The highest BCUT2D eigenvalue weighted by atomic mass is 16.6. The summed E-state index contributed by atoms with van der Waals surface area (Å²) in [5.74, 6) is 0. The Hall–Kier alpha value is -2.07. The summed E-state index contributed by atoms with van der Waals surface area (Å²) in [4.78, 5) is 13.7. The number of carbonyl (C=O) groups is 1. The summed E-state index contributed by atoms with van der Waals surface area (Å²) in [5.41, 5.74) is 0.346. The third kappa shape index (κ3) is 3.57. The van der Waals surface area contributed by atoms with E-state index in [-0.39, 0.29) is 6.61 Å². The first-order chi connectivity index (χ1) is 10.3. The lowest BCUT2D eigenvalue weighted by atomic mass is 9.98. The number of likely N-dealkylation sites (N-methyl/N-ethyl adjacent to an activating group) is 1. The van der Waals surface area contributed by atoms with Crippen molar-refractivity contribution in [2.75, 3.05) is 13.7 Å². The van der Waals surface area contributed by atoms with Gasteiger partial charge < -0.3 is 14.7 Å². The predicted octanol–water partition coefficient (Wildman–Crippen LogP) is 3.74. The highest BCUT2D eigenvalue weighted by Crippen LogP contribution is 2.28. The van der Waals surface area contributed by atoms with Crippen LogP contribution in [0.2, 0.25) is 0 Å². The molecule has 0 aliphatic rings. The minimum atomic E-state index is -0.565. The molecule has 0 unspecified atom stereocenters. The van der Waals surface area contributed by atoms with Gasteiger partial charge in [0.1, 0.15) is 5.60 Å². The van der Waals surface area contributed by atoms with E-state index in [0.29, 0.717) is 0 Å². The largest absolute Gasteiger partial charge is 0.444 e. The van der Waals surface area contributed by atoms with Gasteiger partial charge in [0, 0.05) is 7.05 Å². The molecule has 1 amide bonds. The highest BCUT2D eigenvalue weighted by molar-refractivity contribution is 5.86. The van der Waals surface area contributed by atoms with Crippen LogP contribution < -0.4 is 0 Å². The standard InChI is InChI=1S/C18H23NO3/c1-18(2,3)22-17(21)19(4)16(12-20)15-11-7-9-13-8-5-6-10-14(13)15/h5-11,16,20H,12H2,1-4H3/t16-/m0/s1. The average Bonchev–Trinajstić information content (AvgIpc) is 2.46. The molecule has 0 bridgehead atoms. The van der Waals surface area contributed by atoms with Gasteiger partial charge >= 0.3 is 6.09 Å². The topological polar surface area (TPSA) is 49.8 Å². The molecular formula is C18H23NO3. The Kier molecular flexibility index (Phi) is 4.71. The van der Waals surface area contributed by atoms with Crippen molar-refractivity contribution in [3.8, 4) is 0 Å². The normalized spacial score (nSPS) is 13.0. The summed E-state index contributed by atoms with van der Waals surface area (Å²) in [7, 11) is 1.65. The molecule has 0 spiro atoms. The van der Waals surface area contributed by atoms with Gasteiger partial charge in [0.05, 0.1) is 12.6 Å². The highest BCUT2D eigenvalue weighted by Gasteiger charge is 2.26. The maximum absolute atomic E-state index is 12.3. The van der Waals surface area contributed by atoms with Gasteiger partial charge in [-0.3, -0.25) is 0 Å². The summed E-state index contributed by atoms with van der Waals surface area (Å²) in [6, 6.07) is 13.4. The van der Waals surface area contributed by atoms with E-state index in [2.05, 4.69) is 0 Å². The van der Waals surface area contributed by atoms with Crippen molar-refractivity contribution in [1.29, 1.82) is 0 Å². The molecule has 0 aliphatic heterocycles. The van der Waals surface area contributed by atoms with E-state index in [1.54, 1.807) is 7.05 Å². The van der Waals surface area contributed by atoms with Gasteiger partial charge in [-0.1, -0.05) is 42.5 Å². The summed E-state index contributed by atoms with van der Waals surface area (Å²) in [6.45, 7) is 5.31. The summed E-state index contributed by atoms with van der Waals surface area (Å²) in [6.07, 6.45) is -0.445. The number of aliphatic hydroxyl groups excluding tert-OH is 1. The average molecular weight is 301 g/mol. The Balaban J connectivity index is 2.36. The Bertz CT molecular complexity index is 655. The molecule has 4 heteroatoms. The van der Waals surface area contributed by atoms with Crippen LogP contribution in [0.1, 0.15) is 32.4 Å². The SMILES string of the molecule is CN(C(=O)OC(C)(C)C)[C@@H](CO)c1cccc2ccccc12. The maximum Gasteiger partial charge on any atom is 0.410 e. The van der Waals surface area contributed by atoms with Crippen molar-refractivity contribution in [2.45, 2.75) is 32.4 Å². The van der Waals surface area contributed by atoms with Crippen molar-refractivity contribution < 1.29 is 14.6 Å². The number of nitrogens with zero attached hydrogens (tertiary/aromatic N) is 1. The predicted molar refractivity (Wildman–Crippen MR) is 87.8 cm³/mol. The van der Waals surface area contributed by atoms with Crippen molar-refractivity contribution in [2.24, 2.45) is 0 Å². The van der Waals surface area contributed by atoms with E-state index in [9.17, 15) is 9.90 Å². The zero-order valence-corrected chi connectivity index (χ0v) is 13.5. The van der Waals surface area contributed by atoms with Crippen LogP contribution in [0.25, 0.3) is 10.8 Å². The molecule has 0 aromatic heterocycles. The van der Waals surface area contributed by atoms with Crippen LogP contribution in [0, 0.1) is 0 Å². The number of hydrogen-bond donors (Lipinski definition) is 1. The van der Waals surface area contributed by atoms with Crippen LogP contribution in [0.4, 0.5) is 4.79 Å². The van der Waals surface area contributed by atoms with Gasteiger partial charge in [-0.15, -0.1) is 0 Å². The Morgan fingerprint density at radius 3 is 2.45 bits per heavy atom. The van der Waals surface area contributed by atoms with E-state index < -0.39 is 17.7 Å². The monoisotopic (exact) mass is 301 g/mol. The number of fused-ring (bicyclic) bond motifs is 1. The van der Waals surface area contributed by atoms with E-state index in [1.807, 2.05) is 63.2 Å². The van der Waals surface area contributed by atoms with Gasteiger partial charge in [0.15, 0.2) is 0 Å². The van der Waals surface area contributed by atoms with Gasteiger partial charge in [0.2, 0.25) is 0 Å². The lowest BCUT2D eigenvalue weighted by molar-refractivity contribution is 0.0161. The van der Waals surface area contributed by atoms with Crippen molar-refractivity contribution in [3.05, 3.63) is 48.0 Å². The molecule has 22 heavy (non-hydrogen) atoms. The summed E-state index contributed by atoms with van der Waals surface area (Å²) >= 11 is 0. The lowest BCUT2D eigenvalue weighted by Gasteiger charge is -2.30. The van der Waals surface area contributed by atoms with E-state index in [0.717, 1.165) is 16.3 Å². The quantitative estimate of drug-likeness (QED) is 0.939. The molecule has 2 aromatic carbocycles. The zero-order valence-electron chi connectivity index (χ0n) is 13.5. The van der Waals surface area contributed by atoms with E-state index in [4.69, 9.17) is 4.74 Å². The first kappa shape index (κ1) is 16.3. The molecule has 2 rings (SSSR count). The van der Waals surface area contributed by atoms with Crippen LogP contribution in [-0.4, -0.2) is 35.4 Å². The Morgan fingerprint density at radius 2 is 1.82 bits per heavy atom. The fourth-order valence-electron chi connectivity index (χ4n) is 2.43. The summed E-state index contributed by atoms with van der Waals surface area (Å²) < 4.78 is 5.39. The first-order valence-corrected chi connectivity index (χ1v) is 7.38. The van der Waals surface area contributed by atoms with Crippen LogP contribution >= 0.6 is 0 Å². The molecule has 1 atom stereocenters. The van der Waals surface area contributed by atoms with E-state index in [1.165, 1.54) is 4.90 Å². The third-order valence-corrected chi connectivity index (χ3v) is 3.50. The molecule has 0 fully saturated rings. The first-order valence-electron chi connectivity index (χ1n) is 7.38. The van der Waals surface area contributed by atoms with Crippen LogP contribution in [0.3, 0.4) is 0 Å². The van der Waals surface area contributed by atoms with Crippen molar-refractivity contribution >= 4 is 16.9 Å². The minimum absolute atomic E-state index is 0.163. The molecule has 0 heterocycles. The molecule has 2 aromatic rings. The van der Waals surface area contributed by atoms with Crippen LogP contribution in [0.15, 0.2) is 42.5 Å². The van der Waals surface area contributed by atoms with Gasteiger partial charge in [0.25, 0.3) is 0 Å². The Morgan fingerprint density at radius 1 is 1.18 bits per heavy atom. The van der Waals surface area contributed by atoms with Crippen molar-refractivity contribution in [3.63, 3.8) is 0 Å². The molecule has 0 aliphatic carbocycles. The summed E-state index contributed by atoms with van der Waals surface area (Å²) in [5, 5.41) is 11.9. The number of hydrogen-bond acceptors (Lipinski definition) is 3. The third-order valence-electron chi connectivity index (χ3n) is 3.50. The number of rotatable bonds is 3. The van der Waals surface area contributed by atoms with Gasteiger partial charge in [-0.05, 0) is 37.1 Å². The second-order valence-corrected chi connectivity index (χ2v) is 6.36. The number of aliphatic hydroxyl groups is 1. The number of ether oxygens (including phenoxy) is 1. The van der Waals surface area contributed by atoms with Gasteiger partial charge in [-0.25, -0.2) is 4.79 Å². The zero-order chi connectivity index (χ0) is 16.3. The van der Waals surface area contributed by atoms with Gasteiger partial charge in [-0.2, -0.15) is 0 Å². The Labute approximate surface area is 131 Å². The number of benzene rings is 2. The molecule has 0 saturated heterocycles. The van der Waals surface area contributed by atoms with Crippen molar-refractivity contribution in [1.82, 2.24) is 4.90 Å². The minimum Gasteiger partial charge on any atom is -0.444 e.